The summed E-state index contributed by atoms with van der Waals surface area (Å²) in [6, 6.07) is 16.1. The SMILES string of the molecule is N#CNC1=NC(c2cccc(OCc3ccccc3Cl)c2)c2c(nc(N)c(C#N)c2N)N1. The van der Waals surface area contributed by atoms with Crippen LogP contribution in [0.3, 0.4) is 0 Å². The van der Waals surface area contributed by atoms with Gasteiger partial charge in [0.2, 0.25) is 5.96 Å². The van der Waals surface area contributed by atoms with Crippen molar-refractivity contribution >= 4 is 34.9 Å². The van der Waals surface area contributed by atoms with Gasteiger partial charge in [0.1, 0.15) is 41.7 Å². The molecule has 0 radical (unpaired) electrons. The van der Waals surface area contributed by atoms with Gasteiger partial charge in [-0.15, -0.1) is 0 Å². The Morgan fingerprint density at radius 3 is 2.72 bits per heavy atom. The van der Waals surface area contributed by atoms with Gasteiger partial charge in [-0.25, -0.2) is 9.98 Å². The summed E-state index contributed by atoms with van der Waals surface area (Å²) >= 11 is 6.21. The van der Waals surface area contributed by atoms with Crippen molar-refractivity contribution in [1.29, 1.82) is 10.5 Å². The van der Waals surface area contributed by atoms with Crippen molar-refractivity contribution in [3.05, 3.63) is 75.8 Å². The molecular formula is C22H17ClN8O. The van der Waals surface area contributed by atoms with Crippen molar-refractivity contribution < 1.29 is 4.74 Å². The lowest BCUT2D eigenvalue weighted by molar-refractivity contribution is 0.306. The number of nitrogens with two attached hydrogens (primary N) is 2. The Labute approximate surface area is 188 Å². The molecule has 1 unspecified atom stereocenters. The summed E-state index contributed by atoms with van der Waals surface area (Å²) < 4.78 is 5.93. The van der Waals surface area contributed by atoms with Gasteiger partial charge < -0.3 is 21.5 Å². The second-order valence-electron chi connectivity index (χ2n) is 6.85. The number of hydrogen-bond acceptors (Lipinski definition) is 9. The molecule has 0 fully saturated rings. The van der Waals surface area contributed by atoms with Crippen molar-refractivity contribution in [2.45, 2.75) is 12.6 Å². The monoisotopic (exact) mass is 444 g/mol. The predicted molar refractivity (Wildman–Crippen MR) is 122 cm³/mol. The molecule has 0 spiro atoms. The molecule has 10 heteroatoms. The Morgan fingerprint density at radius 1 is 1.16 bits per heavy atom. The molecule has 1 aliphatic rings. The number of hydrogen-bond donors (Lipinski definition) is 4. The number of nitrogens with zero attached hydrogens (tertiary/aromatic N) is 4. The predicted octanol–water partition coefficient (Wildman–Crippen LogP) is 3.29. The summed E-state index contributed by atoms with van der Waals surface area (Å²) in [7, 11) is 0. The molecule has 0 saturated carbocycles. The molecule has 32 heavy (non-hydrogen) atoms. The van der Waals surface area contributed by atoms with E-state index < -0.39 is 6.04 Å². The smallest absolute Gasteiger partial charge is 0.211 e. The molecule has 9 nitrogen and oxygen atoms in total. The quantitative estimate of drug-likeness (QED) is 0.352. The van der Waals surface area contributed by atoms with E-state index >= 15 is 0 Å². The number of anilines is 3. The summed E-state index contributed by atoms with van der Waals surface area (Å²) in [6.45, 7) is 0.287. The van der Waals surface area contributed by atoms with Crippen LogP contribution in [0.5, 0.6) is 5.75 Å². The summed E-state index contributed by atoms with van der Waals surface area (Å²) in [5, 5.41) is 24.5. The number of aliphatic imine (C=N–C) groups is 1. The molecule has 1 aliphatic heterocycles. The van der Waals surface area contributed by atoms with Crippen molar-refractivity contribution in [3.8, 4) is 18.0 Å². The minimum Gasteiger partial charge on any atom is -0.489 e. The molecule has 0 aliphatic carbocycles. The normalized spacial score (nSPS) is 14.2. The summed E-state index contributed by atoms with van der Waals surface area (Å²) in [5.74, 6) is 1.09. The highest BCUT2D eigenvalue weighted by atomic mass is 35.5. The molecule has 3 aromatic rings. The first-order valence-corrected chi connectivity index (χ1v) is 9.84. The van der Waals surface area contributed by atoms with E-state index in [1.54, 1.807) is 6.07 Å². The van der Waals surface area contributed by atoms with E-state index in [1.165, 1.54) is 0 Å². The van der Waals surface area contributed by atoms with Crippen LogP contribution < -0.4 is 26.8 Å². The first kappa shape index (κ1) is 20.8. The highest BCUT2D eigenvalue weighted by molar-refractivity contribution is 6.31. The first-order chi connectivity index (χ1) is 15.5. The number of fused-ring (bicyclic) bond motifs is 1. The lowest BCUT2D eigenvalue weighted by atomic mass is 9.95. The van der Waals surface area contributed by atoms with Gasteiger partial charge in [-0.3, -0.25) is 5.32 Å². The van der Waals surface area contributed by atoms with E-state index in [2.05, 4.69) is 20.6 Å². The Kier molecular flexibility index (Phi) is 5.67. The number of ether oxygens (including phenoxy) is 1. The lowest BCUT2D eigenvalue weighted by Crippen LogP contribution is -2.32. The van der Waals surface area contributed by atoms with Crippen LogP contribution in [0.1, 0.15) is 28.3 Å². The number of pyridine rings is 1. The third kappa shape index (κ3) is 3.93. The Morgan fingerprint density at radius 2 is 1.97 bits per heavy atom. The number of nitrogen functional groups attached to an aromatic ring is 2. The Balaban J connectivity index is 1.73. The topological polar surface area (TPSA) is 158 Å². The molecule has 158 valence electrons. The largest absolute Gasteiger partial charge is 0.489 e. The molecular weight excluding hydrogens is 428 g/mol. The van der Waals surface area contributed by atoms with Gasteiger partial charge in [-0.1, -0.05) is 41.9 Å². The number of nitrogens with one attached hydrogen (secondary N) is 2. The maximum Gasteiger partial charge on any atom is 0.211 e. The van der Waals surface area contributed by atoms with Crippen molar-refractivity contribution in [2.75, 3.05) is 16.8 Å². The molecule has 1 aromatic heterocycles. The van der Waals surface area contributed by atoms with Crippen LogP contribution in [-0.2, 0) is 6.61 Å². The number of aromatic nitrogens is 1. The van der Waals surface area contributed by atoms with Gasteiger partial charge in [-0.2, -0.15) is 10.5 Å². The van der Waals surface area contributed by atoms with E-state index in [0.717, 1.165) is 11.1 Å². The van der Waals surface area contributed by atoms with Gasteiger partial charge in [0, 0.05) is 16.1 Å². The maximum absolute atomic E-state index is 9.45. The molecule has 2 heterocycles. The van der Waals surface area contributed by atoms with E-state index in [9.17, 15) is 5.26 Å². The van der Waals surface area contributed by atoms with Crippen LogP contribution in [0.25, 0.3) is 0 Å². The molecule has 2 aromatic carbocycles. The zero-order valence-corrected chi connectivity index (χ0v) is 17.4. The van der Waals surface area contributed by atoms with Crippen LogP contribution in [0.4, 0.5) is 17.3 Å². The van der Waals surface area contributed by atoms with Crippen molar-refractivity contribution in [2.24, 2.45) is 4.99 Å². The summed E-state index contributed by atoms with van der Waals surface area (Å²) in [6.07, 6.45) is 1.82. The molecule has 1 atom stereocenters. The van der Waals surface area contributed by atoms with Crippen molar-refractivity contribution in [3.63, 3.8) is 0 Å². The Hall–Kier alpha value is -4.47. The molecule has 6 N–H and O–H groups in total. The second-order valence-corrected chi connectivity index (χ2v) is 7.26. The fourth-order valence-corrected chi connectivity index (χ4v) is 3.56. The summed E-state index contributed by atoms with van der Waals surface area (Å²) in [4.78, 5) is 8.80. The second kappa shape index (κ2) is 8.72. The molecule has 0 bridgehead atoms. The molecule has 4 rings (SSSR count). The van der Waals surface area contributed by atoms with Gasteiger partial charge >= 0.3 is 0 Å². The maximum atomic E-state index is 9.45. The van der Waals surface area contributed by atoms with E-state index in [4.69, 9.17) is 33.1 Å². The van der Waals surface area contributed by atoms with Crippen LogP contribution in [-0.4, -0.2) is 10.9 Å². The van der Waals surface area contributed by atoms with E-state index in [-0.39, 0.29) is 29.6 Å². The van der Waals surface area contributed by atoms with Crippen LogP contribution in [0.15, 0.2) is 53.5 Å². The lowest BCUT2D eigenvalue weighted by Gasteiger charge is -2.26. The zero-order valence-electron chi connectivity index (χ0n) is 16.6. The average Bonchev–Trinajstić information content (AvgIpc) is 2.78. The fraction of sp³-hybridized carbons (Fsp3) is 0.0909. The number of guanidine groups is 1. The van der Waals surface area contributed by atoms with Crippen molar-refractivity contribution in [1.82, 2.24) is 10.3 Å². The van der Waals surface area contributed by atoms with Gasteiger partial charge in [0.05, 0.1) is 5.69 Å². The molecule has 0 amide bonds. The van der Waals surface area contributed by atoms with Gasteiger partial charge in [-0.05, 0) is 23.8 Å². The van der Waals surface area contributed by atoms with Gasteiger partial charge in [0.25, 0.3) is 0 Å². The number of halogens is 1. The van der Waals surface area contributed by atoms with Gasteiger partial charge in [0.15, 0.2) is 6.19 Å². The summed E-state index contributed by atoms with van der Waals surface area (Å²) in [5.41, 5.74) is 14.5. The third-order valence-corrected chi connectivity index (χ3v) is 5.25. The highest BCUT2D eigenvalue weighted by Gasteiger charge is 2.29. The molecule has 0 saturated heterocycles. The minimum atomic E-state index is -0.647. The standard InChI is InChI=1S/C22H17ClN8O/c23-16-7-2-1-4-13(16)10-32-14-6-3-5-12(8-14)19-17-18(26)15(9-24)20(27)30-21(17)31-22(29-19)28-11-25/h1-8,19H,10H2,(H6,26,27,28,29,30,31). The Bertz CT molecular complexity index is 1310. The number of nitriles is 2. The fourth-order valence-electron chi connectivity index (χ4n) is 3.37. The van der Waals surface area contributed by atoms with E-state index in [0.29, 0.717) is 22.2 Å². The highest BCUT2D eigenvalue weighted by Crippen LogP contribution is 2.41. The number of benzene rings is 2. The third-order valence-electron chi connectivity index (χ3n) is 4.88. The minimum absolute atomic E-state index is 0.00923. The first-order valence-electron chi connectivity index (χ1n) is 9.46. The van der Waals surface area contributed by atoms with E-state index in [1.807, 2.05) is 54.7 Å². The zero-order chi connectivity index (χ0) is 22.7. The van der Waals surface area contributed by atoms with Crippen LogP contribution in [0.2, 0.25) is 5.02 Å². The number of rotatable bonds is 4. The van der Waals surface area contributed by atoms with Crippen LogP contribution in [0, 0.1) is 22.8 Å². The average molecular weight is 445 g/mol. The van der Waals surface area contributed by atoms with Crippen LogP contribution >= 0.6 is 11.6 Å².